The molecule has 2 aliphatic heterocycles. The van der Waals surface area contributed by atoms with Crippen LogP contribution in [0.25, 0.3) is 11.0 Å². The van der Waals surface area contributed by atoms with E-state index in [0.717, 1.165) is 51.2 Å². The Bertz CT molecular complexity index is 808. The summed E-state index contributed by atoms with van der Waals surface area (Å²) in [5.41, 5.74) is 3.56. The zero-order valence-corrected chi connectivity index (χ0v) is 16.6. The van der Waals surface area contributed by atoms with Crippen LogP contribution in [0.15, 0.2) is 18.3 Å². The molecule has 0 saturated carbocycles. The van der Waals surface area contributed by atoms with E-state index in [2.05, 4.69) is 34.8 Å². The van der Waals surface area contributed by atoms with Gasteiger partial charge in [-0.1, -0.05) is 0 Å². The molecule has 2 saturated heterocycles. The molecule has 2 aromatic heterocycles. The normalized spacial score (nSPS) is 27.2. The molecule has 0 spiro atoms. The summed E-state index contributed by atoms with van der Waals surface area (Å²) in [5, 5.41) is 1.21. The second-order valence-electron chi connectivity index (χ2n) is 8.17. The van der Waals surface area contributed by atoms with E-state index in [0.29, 0.717) is 5.92 Å². The molecule has 6 nitrogen and oxygen atoms in total. The number of hydrogen-bond donors (Lipinski definition) is 1. The molecular weight excluding hydrogens is 340 g/mol. The average molecular weight is 370 g/mol. The number of amides is 1. The first-order valence-electron chi connectivity index (χ1n) is 10.1. The van der Waals surface area contributed by atoms with Gasteiger partial charge in [0.25, 0.3) is 0 Å². The minimum atomic E-state index is 0.173. The Labute approximate surface area is 160 Å². The lowest BCUT2D eigenvalue weighted by molar-refractivity contribution is -0.130. The molecule has 1 amide bonds. The Morgan fingerprint density at radius 1 is 1.30 bits per heavy atom. The first-order valence-corrected chi connectivity index (χ1v) is 10.1. The molecule has 4 heterocycles. The van der Waals surface area contributed by atoms with Crippen LogP contribution in [0.4, 0.5) is 0 Å². The predicted molar refractivity (Wildman–Crippen MR) is 106 cm³/mol. The third-order valence-electron chi connectivity index (χ3n) is 5.86. The molecule has 2 fully saturated rings. The maximum atomic E-state index is 11.9. The number of morpholine rings is 1. The Morgan fingerprint density at radius 2 is 2.07 bits per heavy atom. The van der Waals surface area contributed by atoms with Crippen LogP contribution in [0.3, 0.4) is 0 Å². The topological polar surface area (TPSA) is 61.5 Å². The molecule has 146 valence electrons. The van der Waals surface area contributed by atoms with Crippen molar-refractivity contribution in [2.24, 2.45) is 0 Å². The Balaban J connectivity index is 1.66. The maximum absolute atomic E-state index is 11.9. The molecule has 6 heteroatoms. The van der Waals surface area contributed by atoms with Crippen molar-refractivity contribution < 1.29 is 9.53 Å². The molecular formula is C21H30N4O2. The van der Waals surface area contributed by atoms with Crippen molar-refractivity contribution in [1.29, 1.82) is 0 Å². The number of fused-ring (bicyclic) bond motifs is 1. The number of hydrogen-bond acceptors (Lipinski definition) is 4. The van der Waals surface area contributed by atoms with Gasteiger partial charge >= 0.3 is 0 Å². The number of nitrogens with zero attached hydrogens (tertiary/aromatic N) is 3. The summed E-state index contributed by atoms with van der Waals surface area (Å²) in [6.07, 6.45) is 4.51. The van der Waals surface area contributed by atoms with E-state index < -0.39 is 0 Å². The van der Waals surface area contributed by atoms with Crippen molar-refractivity contribution in [3.8, 4) is 0 Å². The van der Waals surface area contributed by atoms with E-state index >= 15 is 0 Å². The fourth-order valence-electron chi connectivity index (χ4n) is 4.75. The lowest BCUT2D eigenvalue weighted by atomic mass is 9.91. The second-order valence-corrected chi connectivity index (χ2v) is 8.17. The third kappa shape index (κ3) is 3.87. The van der Waals surface area contributed by atoms with Gasteiger partial charge < -0.3 is 14.6 Å². The van der Waals surface area contributed by atoms with Crippen molar-refractivity contribution in [3.05, 3.63) is 29.6 Å². The summed E-state index contributed by atoms with van der Waals surface area (Å²) >= 11 is 0. The summed E-state index contributed by atoms with van der Waals surface area (Å²) in [5.74, 6) is 0.522. The molecule has 4 rings (SSSR count). The highest BCUT2D eigenvalue weighted by atomic mass is 16.5. The Hall–Kier alpha value is -1.92. The van der Waals surface area contributed by atoms with E-state index in [4.69, 9.17) is 4.74 Å². The number of piperidine rings is 1. The van der Waals surface area contributed by atoms with Gasteiger partial charge in [0.1, 0.15) is 5.65 Å². The van der Waals surface area contributed by atoms with Gasteiger partial charge in [-0.3, -0.25) is 9.69 Å². The highest BCUT2D eigenvalue weighted by Gasteiger charge is 2.29. The molecule has 0 aromatic carbocycles. The van der Waals surface area contributed by atoms with Gasteiger partial charge in [-0.05, 0) is 44.4 Å². The number of rotatable bonds is 3. The van der Waals surface area contributed by atoms with Gasteiger partial charge in [0.05, 0.1) is 12.2 Å². The zero-order valence-electron chi connectivity index (χ0n) is 16.6. The van der Waals surface area contributed by atoms with Crippen LogP contribution in [-0.2, 0) is 16.1 Å². The quantitative estimate of drug-likeness (QED) is 0.902. The molecule has 1 N–H and O–H groups in total. The van der Waals surface area contributed by atoms with Crippen LogP contribution in [0.1, 0.15) is 50.8 Å². The van der Waals surface area contributed by atoms with Crippen LogP contribution >= 0.6 is 0 Å². The van der Waals surface area contributed by atoms with Crippen molar-refractivity contribution in [1.82, 2.24) is 19.8 Å². The fraction of sp³-hybridized carbons (Fsp3) is 0.619. The number of carbonyl (C=O) groups excluding carboxylic acids is 1. The number of aromatic amines is 1. The van der Waals surface area contributed by atoms with Gasteiger partial charge in [0.15, 0.2) is 0 Å². The van der Waals surface area contributed by atoms with Crippen molar-refractivity contribution in [2.75, 3.05) is 26.2 Å². The van der Waals surface area contributed by atoms with Crippen LogP contribution in [0.5, 0.6) is 0 Å². The van der Waals surface area contributed by atoms with E-state index in [1.165, 1.54) is 16.6 Å². The van der Waals surface area contributed by atoms with E-state index in [9.17, 15) is 4.79 Å². The molecule has 0 radical (unpaired) electrons. The van der Waals surface area contributed by atoms with Gasteiger partial charge in [0, 0.05) is 62.8 Å². The highest BCUT2D eigenvalue weighted by Crippen LogP contribution is 2.33. The molecule has 0 aliphatic carbocycles. The summed E-state index contributed by atoms with van der Waals surface area (Å²) in [7, 11) is 0. The molecule has 2 aromatic rings. The first-order chi connectivity index (χ1) is 13.0. The smallest absolute Gasteiger partial charge is 0.219 e. The number of aromatic nitrogens is 2. The van der Waals surface area contributed by atoms with Crippen molar-refractivity contribution in [3.63, 3.8) is 0 Å². The van der Waals surface area contributed by atoms with E-state index in [1.807, 2.05) is 17.2 Å². The number of ether oxygens (including phenoxy) is 1. The monoisotopic (exact) mass is 370 g/mol. The summed E-state index contributed by atoms with van der Waals surface area (Å²) in [6, 6.07) is 4.17. The summed E-state index contributed by atoms with van der Waals surface area (Å²) in [6.45, 7) is 10.4. The van der Waals surface area contributed by atoms with Gasteiger partial charge in [-0.25, -0.2) is 4.98 Å². The fourth-order valence-corrected chi connectivity index (χ4v) is 4.75. The molecule has 3 atom stereocenters. The zero-order chi connectivity index (χ0) is 19.0. The lowest BCUT2D eigenvalue weighted by Crippen LogP contribution is -2.45. The van der Waals surface area contributed by atoms with Gasteiger partial charge in [-0.15, -0.1) is 0 Å². The van der Waals surface area contributed by atoms with Crippen molar-refractivity contribution >= 4 is 16.9 Å². The number of carbonyl (C=O) groups is 1. The SMILES string of the molecule is CC(=O)N1CCC[C@@H](c2[nH]c3ncccc3c2CN2C[C@@H](C)O[C@@H](C)C2)C1. The number of nitrogens with one attached hydrogen (secondary N) is 1. The van der Waals surface area contributed by atoms with Crippen LogP contribution in [0, 0.1) is 0 Å². The molecule has 0 unspecified atom stereocenters. The largest absolute Gasteiger partial charge is 0.373 e. The maximum Gasteiger partial charge on any atom is 0.219 e. The van der Waals surface area contributed by atoms with Crippen LogP contribution in [0.2, 0.25) is 0 Å². The van der Waals surface area contributed by atoms with Gasteiger partial charge in [0.2, 0.25) is 5.91 Å². The minimum absolute atomic E-state index is 0.173. The summed E-state index contributed by atoms with van der Waals surface area (Å²) < 4.78 is 5.90. The Kier molecular flexibility index (Phi) is 5.19. The average Bonchev–Trinajstić information content (AvgIpc) is 3.00. The number of H-pyrrole nitrogens is 1. The van der Waals surface area contributed by atoms with Gasteiger partial charge in [-0.2, -0.15) is 0 Å². The number of pyridine rings is 1. The highest BCUT2D eigenvalue weighted by molar-refractivity contribution is 5.81. The van der Waals surface area contributed by atoms with Crippen LogP contribution < -0.4 is 0 Å². The van der Waals surface area contributed by atoms with E-state index in [1.54, 1.807) is 6.92 Å². The Morgan fingerprint density at radius 3 is 2.81 bits per heavy atom. The predicted octanol–water partition coefficient (Wildman–Crippen LogP) is 2.90. The standard InChI is InChI=1S/C21H30N4O2/c1-14-10-24(11-15(2)27-14)13-19-18-7-4-8-22-21(18)23-20(19)17-6-5-9-25(12-17)16(3)26/h4,7-8,14-15,17H,5-6,9-13H2,1-3H3,(H,22,23)/t14-,15+,17-/m1/s1. The molecule has 2 aliphatic rings. The second kappa shape index (κ2) is 7.60. The summed E-state index contributed by atoms with van der Waals surface area (Å²) in [4.78, 5) is 24.5. The third-order valence-corrected chi connectivity index (χ3v) is 5.86. The molecule has 27 heavy (non-hydrogen) atoms. The lowest BCUT2D eigenvalue weighted by Gasteiger charge is -2.36. The van der Waals surface area contributed by atoms with Crippen LogP contribution in [-0.4, -0.2) is 64.1 Å². The van der Waals surface area contributed by atoms with E-state index in [-0.39, 0.29) is 18.1 Å². The molecule has 0 bridgehead atoms. The first kappa shape index (κ1) is 18.4. The van der Waals surface area contributed by atoms with Crippen molar-refractivity contribution in [2.45, 2.75) is 58.3 Å². The minimum Gasteiger partial charge on any atom is -0.373 e. The number of likely N-dealkylation sites (tertiary alicyclic amines) is 1.